The van der Waals surface area contributed by atoms with Crippen molar-refractivity contribution in [1.29, 1.82) is 0 Å². The first-order valence-corrected chi connectivity index (χ1v) is 10.5. The van der Waals surface area contributed by atoms with Crippen molar-refractivity contribution >= 4 is 51.0 Å². The van der Waals surface area contributed by atoms with Gasteiger partial charge in [0.05, 0.1) is 5.75 Å². The summed E-state index contributed by atoms with van der Waals surface area (Å²) in [6.45, 7) is 0. The number of thioether (sulfide) groups is 2. The maximum atomic E-state index is 12.3. The second kappa shape index (κ2) is 9.39. The van der Waals surface area contributed by atoms with Gasteiger partial charge >= 0.3 is 0 Å². The molecule has 3 N–H and O–H groups in total. The van der Waals surface area contributed by atoms with Gasteiger partial charge in [-0.05, 0) is 36.4 Å². The predicted octanol–water partition coefficient (Wildman–Crippen LogP) is 4.47. The van der Waals surface area contributed by atoms with Gasteiger partial charge in [0.1, 0.15) is 0 Å². The molecule has 0 spiro atoms. The average molecular weight is 486 g/mol. The Kier molecular flexibility index (Phi) is 6.92. The molecular weight excluding hydrogens is 472 g/mol. The van der Waals surface area contributed by atoms with Crippen LogP contribution in [-0.2, 0) is 4.79 Å². The minimum Gasteiger partial charge on any atom is -0.335 e. The lowest BCUT2D eigenvalue weighted by molar-refractivity contribution is -0.113. The highest BCUT2D eigenvalue weighted by molar-refractivity contribution is 9.10. The molecule has 0 atom stereocenters. The van der Waals surface area contributed by atoms with Gasteiger partial charge in [-0.15, -0.1) is 10.2 Å². The molecule has 1 amide bonds. The normalized spacial score (nSPS) is 11.0. The number of carbonyl (C=O) groups excluding carboxylic acids is 1. The summed E-state index contributed by atoms with van der Waals surface area (Å²) < 4.78 is 26.8. The summed E-state index contributed by atoms with van der Waals surface area (Å²) in [6.07, 6.45) is 0. The molecule has 0 aliphatic rings. The third-order valence-corrected chi connectivity index (χ3v) is 5.83. The van der Waals surface area contributed by atoms with Crippen LogP contribution < -0.4 is 11.2 Å². The lowest BCUT2D eigenvalue weighted by Crippen LogP contribution is -2.16. The van der Waals surface area contributed by atoms with Gasteiger partial charge in [-0.25, -0.2) is 4.68 Å². The summed E-state index contributed by atoms with van der Waals surface area (Å²) in [4.78, 5) is 12.6. The summed E-state index contributed by atoms with van der Waals surface area (Å²) in [5.41, 5.74) is 1.31. The van der Waals surface area contributed by atoms with Gasteiger partial charge in [-0.2, -0.15) is 8.78 Å². The van der Waals surface area contributed by atoms with Crippen LogP contribution in [0.1, 0.15) is 0 Å². The Hall–Kier alpha value is -2.11. The molecule has 0 aliphatic heterocycles. The van der Waals surface area contributed by atoms with Crippen molar-refractivity contribution in [2.24, 2.45) is 0 Å². The topological polar surface area (TPSA) is 85.8 Å². The van der Waals surface area contributed by atoms with Gasteiger partial charge in [0.15, 0.2) is 5.82 Å². The maximum absolute atomic E-state index is 12.3. The number of carbonyl (C=O) groups is 1. The number of nitrogens with one attached hydrogen (secondary N) is 1. The van der Waals surface area contributed by atoms with Crippen LogP contribution in [0.4, 0.5) is 14.5 Å². The molecule has 2 aromatic carbocycles. The monoisotopic (exact) mass is 485 g/mol. The number of nitrogens with zero attached hydrogens (tertiary/aromatic N) is 3. The molecule has 1 heterocycles. The highest BCUT2D eigenvalue weighted by Gasteiger charge is 2.15. The van der Waals surface area contributed by atoms with Gasteiger partial charge < -0.3 is 11.2 Å². The van der Waals surface area contributed by atoms with Gasteiger partial charge in [0.25, 0.3) is 5.76 Å². The predicted molar refractivity (Wildman–Crippen MR) is 111 cm³/mol. The number of nitrogens with two attached hydrogens (primary N) is 1. The van der Waals surface area contributed by atoms with E-state index in [1.165, 1.54) is 16.8 Å². The minimum absolute atomic E-state index is 0.0683. The number of anilines is 1. The van der Waals surface area contributed by atoms with E-state index in [4.69, 9.17) is 5.84 Å². The van der Waals surface area contributed by atoms with Crippen LogP contribution in [0.25, 0.3) is 11.4 Å². The smallest absolute Gasteiger partial charge is 0.288 e. The molecule has 0 saturated carbocycles. The fourth-order valence-corrected chi connectivity index (χ4v) is 3.87. The Labute approximate surface area is 176 Å². The molecule has 0 aliphatic carbocycles. The molecular formula is C17H14BrF2N5OS2. The van der Waals surface area contributed by atoms with Crippen molar-refractivity contribution in [3.8, 4) is 11.4 Å². The van der Waals surface area contributed by atoms with Crippen LogP contribution in [0.3, 0.4) is 0 Å². The quantitative estimate of drug-likeness (QED) is 0.379. The summed E-state index contributed by atoms with van der Waals surface area (Å²) in [5.74, 6) is 3.84. The van der Waals surface area contributed by atoms with Crippen molar-refractivity contribution in [2.75, 3.05) is 16.9 Å². The summed E-state index contributed by atoms with van der Waals surface area (Å²) >= 11 is 5.04. The Balaban J connectivity index is 1.59. The number of amides is 1. The molecule has 146 valence electrons. The van der Waals surface area contributed by atoms with Crippen LogP contribution in [0, 0.1) is 0 Å². The van der Waals surface area contributed by atoms with E-state index in [1.54, 1.807) is 12.1 Å². The highest BCUT2D eigenvalue weighted by Crippen LogP contribution is 2.28. The average Bonchev–Trinajstić information content (AvgIpc) is 3.02. The fourth-order valence-electron chi connectivity index (χ4n) is 2.25. The number of nitrogen functional groups attached to an aromatic ring is 1. The molecule has 0 radical (unpaired) electrons. The van der Waals surface area contributed by atoms with Gasteiger partial charge in [0, 0.05) is 20.6 Å². The zero-order valence-electron chi connectivity index (χ0n) is 14.2. The van der Waals surface area contributed by atoms with Crippen molar-refractivity contribution in [3.63, 3.8) is 0 Å². The highest BCUT2D eigenvalue weighted by atomic mass is 79.9. The van der Waals surface area contributed by atoms with Crippen LogP contribution >= 0.6 is 39.5 Å². The number of rotatable bonds is 7. The van der Waals surface area contributed by atoms with Crippen molar-refractivity contribution < 1.29 is 13.6 Å². The SMILES string of the molecule is Nn1c(SCC(=O)Nc2ccc(SC(F)F)cc2)nnc1-c1ccccc1Br. The molecule has 3 aromatic rings. The molecule has 3 rings (SSSR count). The lowest BCUT2D eigenvalue weighted by Gasteiger charge is -2.07. The van der Waals surface area contributed by atoms with Gasteiger partial charge in [-0.3, -0.25) is 4.79 Å². The second-order valence-electron chi connectivity index (χ2n) is 5.40. The van der Waals surface area contributed by atoms with E-state index in [1.807, 2.05) is 24.3 Å². The molecule has 11 heteroatoms. The third kappa shape index (κ3) is 5.24. The fraction of sp³-hybridized carbons (Fsp3) is 0.118. The summed E-state index contributed by atoms with van der Waals surface area (Å²) in [6, 6.07) is 13.7. The first kappa shape index (κ1) is 20.6. The molecule has 0 unspecified atom stereocenters. The maximum Gasteiger partial charge on any atom is 0.288 e. The molecule has 0 fully saturated rings. The molecule has 0 bridgehead atoms. The van der Waals surface area contributed by atoms with Gasteiger partial charge in [0.2, 0.25) is 11.1 Å². The first-order chi connectivity index (χ1) is 13.4. The Morgan fingerprint density at radius 1 is 1.18 bits per heavy atom. The van der Waals surface area contributed by atoms with Crippen LogP contribution in [-0.4, -0.2) is 32.3 Å². The Morgan fingerprint density at radius 3 is 2.57 bits per heavy atom. The number of halogens is 3. The van der Waals surface area contributed by atoms with Crippen LogP contribution in [0.2, 0.25) is 0 Å². The Morgan fingerprint density at radius 2 is 1.89 bits per heavy atom. The molecule has 0 saturated heterocycles. The van der Waals surface area contributed by atoms with E-state index >= 15 is 0 Å². The van der Waals surface area contributed by atoms with E-state index in [2.05, 4.69) is 31.4 Å². The van der Waals surface area contributed by atoms with Crippen molar-refractivity contribution in [2.45, 2.75) is 15.8 Å². The summed E-state index contributed by atoms with van der Waals surface area (Å²) in [5, 5.41) is 11.2. The van der Waals surface area contributed by atoms with E-state index in [0.717, 1.165) is 21.8 Å². The Bertz CT molecular complexity index is 968. The molecule has 28 heavy (non-hydrogen) atoms. The standard InChI is InChI=1S/C17H14BrF2N5OS2/c18-13-4-2-1-3-12(13)15-23-24-17(25(15)21)27-9-14(26)22-10-5-7-11(8-6-10)28-16(19)20/h1-8,16H,9,21H2,(H,22,26). The van der Waals surface area contributed by atoms with Crippen molar-refractivity contribution in [3.05, 3.63) is 53.0 Å². The van der Waals surface area contributed by atoms with E-state index < -0.39 is 5.76 Å². The number of alkyl halides is 2. The zero-order valence-corrected chi connectivity index (χ0v) is 17.4. The first-order valence-electron chi connectivity index (χ1n) is 7.87. The zero-order chi connectivity index (χ0) is 20.1. The van der Waals surface area contributed by atoms with E-state index in [-0.39, 0.29) is 11.7 Å². The second-order valence-corrected chi connectivity index (χ2v) is 8.26. The largest absolute Gasteiger partial charge is 0.335 e. The molecule has 6 nitrogen and oxygen atoms in total. The van der Waals surface area contributed by atoms with E-state index in [9.17, 15) is 13.6 Å². The van der Waals surface area contributed by atoms with Crippen LogP contribution in [0.5, 0.6) is 0 Å². The third-order valence-electron chi connectivity index (χ3n) is 3.47. The number of aromatic nitrogens is 3. The summed E-state index contributed by atoms with van der Waals surface area (Å²) in [7, 11) is 0. The van der Waals surface area contributed by atoms with Crippen LogP contribution in [0.15, 0.2) is 63.1 Å². The van der Waals surface area contributed by atoms with E-state index in [0.29, 0.717) is 33.3 Å². The lowest BCUT2D eigenvalue weighted by atomic mass is 10.2. The minimum atomic E-state index is -2.48. The number of benzene rings is 2. The van der Waals surface area contributed by atoms with Gasteiger partial charge in [-0.1, -0.05) is 51.6 Å². The molecule has 1 aromatic heterocycles. The number of hydrogen-bond donors (Lipinski definition) is 2. The number of hydrogen-bond acceptors (Lipinski definition) is 6. The van der Waals surface area contributed by atoms with Crippen molar-refractivity contribution in [1.82, 2.24) is 14.9 Å².